The van der Waals surface area contributed by atoms with Crippen LogP contribution in [-0.2, 0) is 20.8 Å². The lowest BCUT2D eigenvalue weighted by atomic mass is 10.2. The Balaban J connectivity index is 1.65. The molecule has 31 heavy (non-hydrogen) atoms. The van der Waals surface area contributed by atoms with Gasteiger partial charge in [0.1, 0.15) is 35.2 Å². The third kappa shape index (κ3) is 5.69. The summed E-state index contributed by atoms with van der Waals surface area (Å²) >= 11 is 1.09. The van der Waals surface area contributed by atoms with Gasteiger partial charge in [-0.25, -0.2) is 9.78 Å². The molecule has 0 saturated carbocycles. The first-order valence-corrected chi connectivity index (χ1v) is 10.8. The first-order chi connectivity index (χ1) is 15.0. The monoisotopic (exact) mass is 444 g/mol. The Labute approximate surface area is 183 Å². The van der Waals surface area contributed by atoms with Gasteiger partial charge in [-0.3, -0.25) is 14.2 Å². The maximum absolute atomic E-state index is 12.8. The first-order valence-electron chi connectivity index (χ1n) is 10.0. The Morgan fingerprint density at radius 2 is 1.87 bits per heavy atom. The van der Waals surface area contributed by atoms with Crippen molar-refractivity contribution in [2.45, 2.75) is 33.2 Å². The number of carbonyl (C=O) groups is 2. The second-order valence-electron chi connectivity index (χ2n) is 6.79. The number of carbonyl (C=O) groups excluding carboxylic acids is 2. The molecule has 1 aromatic carbocycles. The first kappa shape index (κ1) is 22.5. The highest BCUT2D eigenvalue weighted by atomic mass is 32.1. The number of hydrogen-bond acceptors (Lipinski definition) is 8. The number of aryl methyl sites for hydroxylation is 1. The molecule has 0 N–H and O–H groups in total. The summed E-state index contributed by atoms with van der Waals surface area (Å²) in [6.07, 6.45) is 2.97. The van der Waals surface area contributed by atoms with Crippen molar-refractivity contribution < 1.29 is 23.8 Å². The van der Waals surface area contributed by atoms with Gasteiger partial charge in [0.25, 0.3) is 5.56 Å². The van der Waals surface area contributed by atoms with Crippen molar-refractivity contribution in [2.75, 3.05) is 19.8 Å². The molecule has 0 saturated heterocycles. The molecule has 2 aromatic heterocycles. The Kier molecular flexibility index (Phi) is 7.77. The summed E-state index contributed by atoms with van der Waals surface area (Å²) in [5, 5.41) is 0.307. The van der Waals surface area contributed by atoms with Crippen LogP contribution in [0.3, 0.4) is 0 Å². The molecule has 0 amide bonds. The number of ether oxygens (including phenoxy) is 3. The Morgan fingerprint density at radius 1 is 1.10 bits per heavy atom. The molecule has 0 unspecified atom stereocenters. The molecule has 0 aliphatic heterocycles. The fraction of sp³-hybridized carbons (Fsp3) is 0.364. The predicted octanol–water partition coefficient (Wildman–Crippen LogP) is 3.35. The van der Waals surface area contributed by atoms with E-state index in [2.05, 4.69) is 4.98 Å². The van der Waals surface area contributed by atoms with Gasteiger partial charge in [0.15, 0.2) is 0 Å². The van der Waals surface area contributed by atoms with E-state index in [4.69, 9.17) is 14.2 Å². The van der Waals surface area contributed by atoms with Crippen LogP contribution in [0.1, 0.15) is 35.0 Å². The van der Waals surface area contributed by atoms with Crippen molar-refractivity contribution in [3.05, 3.63) is 57.5 Å². The number of aromatic nitrogens is 2. The van der Waals surface area contributed by atoms with E-state index in [9.17, 15) is 14.4 Å². The minimum absolute atomic E-state index is 0.0721. The molecular formula is C22H24N2O6S. The molecule has 0 radical (unpaired) electrons. The molecule has 8 nitrogen and oxygen atoms in total. The molecular weight excluding hydrogens is 420 g/mol. The number of benzene rings is 1. The summed E-state index contributed by atoms with van der Waals surface area (Å²) in [5.74, 6) is -0.348. The summed E-state index contributed by atoms with van der Waals surface area (Å²) in [4.78, 5) is 42.2. The molecule has 0 spiro atoms. The van der Waals surface area contributed by atoms with Crippen LogP contribution in [0.25, 0.3) is 10.2 Å². The van der Waals surface area contributed by atoms with Gasteiger partial charge < -0.3 is 14.2 Å². The van der Waals surface area contributed by atoms with Crippen molar-refractivity contribution in [1.29, 1.82) is 0 Å². The van der Waals surface area contributed by atoms with E-state index in [1.54, 1.807) is 6.92 Å². The SMILES string of the molecule is CCCCOC(=O)Cn1cnc2sc(C(=O)OCCOc3ccccc3)c(C)c2c1=O. The number of esters is 2. The van der Waals surface area contributed by atoms with E-state index < -0.39 is 17.5 Å². The summed E-state index contributed by atoms with van der Waals surface area (Å²) in [5.41, 5.74) is 0.0952. The standard InChI is InChI=1S/C22H24N2O6S/c1-3-4-10-29-17(25)13-24-14-23-20-18(21(24)26)15(2)19(31-20)22(27)30-12-11-28-16-8-6-5-7-9-16/h5-9,14H,3-4,10-13H2,1-2H3. The Hall–Kier alpha value is -3.20. The highest BCUT2D eigenvalue weighted by Crippen LogP contribution is 2.27. The lowest BCUT2D eigenvalue weighted by Crippen LogP contribution is -2.26. The number of nitrogens with zero attached hydrogens (tertiary/aromatic N) is 2. The highest BCUT2D eigenvalue weighted by Gasteiger charge is 2.21. The molecule has 0 atom stereocenters. The van der Waals surface area contributed by atoms with Gasteiger partial charge >= 0.3 is 11.9 Å². The second-order valence-corrected chi connectivity index (χ2v) is 7.78. The summed E-state index contributed by atoms with van der Waals surface area (Å²) < 4.78 is 17.1. The van der Waals surface area contributed by atoms with Crippen LogP contribution in [0.5, 0.6) is 5.75 Å². The smallest absolute Gasteiger partial charge is 0.348 e. The molecule has 3 aromatic rings. The van der Waals surface area contributed by atoms with Gasteiger partial charge in [-0.2, -0.15) is 0 Å². The fourth-order valence-electron chi connectivity index (χ4n) is 2.86. The lowest BCUT2D eigenvalue weighted by Gasteiger charge is -2.07. The molecule has 0 aliphatic rings. The summed E-state index contributed by atoms with van der Waals surface area (Å²) in [6.45, 7) is 4.05. The lowest BCUT2D eigenvalue weighted by molar-refractivity contribution is -0.144. The van der Waals surface area contributed by atoms with Crippen LogP contribution >= 0.6 is 11.3 Å². The second kappa shape index (κ2) is 10.7. The van der Waals surface area contributed by atoms with Crippen molar-refractivity contribution in [1.82, 2.24) is 9.55 Å². The van der Waals surface area contributed by atoms with Gasteiger partial charge in [-0.15, -0.1) is 11.3 Å². The van der Waals surface area contributed by atoms with Crippen LogP contribution in [0, 0.1) is 6.92 Å². The van der Waals surface area contributed by atoms with Gasteiger partial charge in [0, 0.05) is 0 Å². The summed E-state index contributed by atoms with van der Waals surface area (Å²) in [7, 11) is 0. The molecule has 0 aliphatic carbocycles. The van der Waals surface area contributed by atoms with Crippen LogP contribution in [-0.4, -0.2) is 41.3 Å². The van der Waals surface area contributed by atoms with Gasteiger partial charge in [-0.1, -0.05) is 31.5 Å². The van der Waals surface area contributed by atoms with Crippen LogP contribution < -0.4 is 10.3 Å². The molecule has 0 bridgehead atoms. The normalized spacial score (nSPS) is 10.8. The van der Waals surface area contributed by atoms with Crippen molar-refractivity contribution >= 4 is 33.5 Å². The molecule has 9 heteroatoms. The number of rotatable bonds is 10. The van der Waals surface area contributed by atoms with Gasteiger partial charge in [-0.05, 0) is 31.0 Å². The average molecular weight is 445 g/mol. The van der Waals surface area contributed by atoms with Gasteiger partial charge in [0.2, 0.25) is 0 Å². The number of fused-ring (bicyclic) bond motifs is 1. The summed E-state index contributed by atoms with van der Waals surface area (Å²) in [6, 6.07) is 9.22. The maximum Gasteiger partial charge on any atom is 0.348 e. The van der Waals surface area contributed by atoms with Crippen LogP contribution in [0.2, 0.25) is 0 Å². The fourth-order valence-corrected chi connectivity index (χ4v) is 3.89. The van der Waals surface area contributed by atoms with E-state index in [1.807, 2.05) is 37.3 Å². The predicted molar refractivity (Wildman–Crippen MR) is 117 cm³/mol. The average Bonchev–Trinajstić information content (AvgIpc) is 3.11. The zero-order chi connectivity index (χ0) is 22.2. The topological polar surface area (TPSA) is 96.7 Å². The minimum Gasteiger partial charge on any atom is -0.490 e. The Bertz CT molecular complexity index is 1110. The van der Waals surface area contributed by atoms with Crippen molar-refractivity contribution in [3.63, 3.8) is 0 Å². The van der Waals surface area contributed by atoms with Gasteiger partial charge in [0.05, 0.1) is 18.3 Å². The Morgan fingerprint density at radius 3 is 2.61 bits per heavy atom. The molecule has 3 rings (SSSR count). The third-order valence-corrected chi connectivity index (χ3v) is 5.67. The van der Waals surface area contributed by atoms with E-state index in [1.165, 1.54) is 10.9 Å². The minimum atomic E-state index is -0.540. The highest BCUT2D eigenvalue weighted by molar-refractivity contribution is 7.20. The van der Waals surface area contributed by atoms with Crippen LogP contribution in [0.15, 0.2) is 41.5 Å². The van der Waals surface area contributed by atoms with E-state index in [-0.39, 0.29) is 19.8 Å². The molecule has 164 valence electrons. The van der Waals surface area contributed by atoms with E-state index in [0.717, 1.165) is 24.2 Å². The van der Waals surface area contributed by atoms with E-state index in [0.29, 0.717) is 33.0 Å². The maximum atomic E-state index is 12.8. The zero-order valence-electron chi connectivity index (χ0n) is 17.5. The molecule has 0 fully saturated rings. The number of thiophene rings is 1. The van der Waals surface area contributed by atoms with Crippen molar-refractivity contribution in [2.24, 2.45) is 0 Å². The van der Waals surface area contributed by atoms with Crippen LogP contribution in [0.4, 0.5) is 0 Å². The number of para-hydroxylation sites is 1. The largest absolute Gasteiger partial charge is 0.490 e. The zero-order valence-corrected chi connectivity index (χ0v) is 18.3. The van der Waals surface area contributed by atoms with Crippen molar-refractivity contribution in [3.8, 4) is 5.75 Å². The molecule has 2 heterocycles. The quantitative estimate of drug-likeness (QED) is 0.349. The third-order valence-electron chi connectivity index (χ3n) is 4.49. The number of unbranched alkanes of at least 4 members (excludes halogenated alkanes) is 1. The number of hydrogen-bond donors (Lipinski definition) is 0. The van der Waals surface area contributed by atoms with E-state index >= 15 is 0 Å².